The maximum Gasteiger partial charge on any atom is 0.345 e. The molecule has 5 nitrogen and oxygen atoms in total. The Bertz CT molecular complexity index is 887. The molecule has 0 saturated heterocycles. The SMILES string of the molecule is C[C@@H](Cc1ccccc1)OC(=O)c1cnc2ccccn2c1=O. The van der Waals surface area contributed by atoms with Crippen molar-refractivity contribution in [2.45, 2.75) is 19.4 Å². The Morgan fingerprint density at radius 1 is 1.17 bits per heavy atom. The van der Waals surface area contributed by atoms with Gasteiger partial charge in [-0.15, -0.1) is 0 Å². The number of ether oxygens (including phenoxy) is 1. The molecule has 0 aliphatic carbocycles. The first-order valence-corrected chi connectivity index (χ1v) is 7.36. The molecule has 0 bridgehead atoms. The zero-order valence-electron chi connectivity index (χ0n) is 12.7. The summed E-state index contributed by atoms with van der Waals surface area (Å²) in [5.74, 6) is -0.649. The van der Waals surface area contributed by atoms with E-state index in [9.17, 15) is 9.59 Å². The lowest BCUT2D eigenvalue weighted by Gasteiger charge is -2.13. The number of hydrogen-bond acceptors (Lipinski definition) is 4. The Morgan fingerprint density at radius 2 is 1.91 bits per heavy atom. The third-order valence-corrected chi connectivity index (χ3v) is 3.51. The van der Waals surface area contributed by atoms with E-state index >= 15 is 0 Å². The first-order valence-electron chi connectivity index (χ1n) is 7.36. The molecule has 116 valence electrons. The van der Waals surface area contributed by atoms with Gasteiger partial charge < -0.3 is 4.74 Å². The number of hydrogen-bond donors (Lipinski definition) is 0. The van der Waals surface area contributed by atoms with Crippen LogP contribution in [0.25, 0.3) is 5.65 Å². The van der Waals surface area contributed by atoms with Crippen LogP contribution in [0, 0.1) is 0 Å². The highest BCUT2D eigenvalue weighted by Gasteiger charge is 2.17. The lowest BCUT2D eigenvalue weighted by Crippen LogP contribution is -2.26. The summed E-state index contributed by atoms with van der Waals surface area (Å²) in [5, 5.41) is 0. The minimum atomic E-state index is -0.649. The van der Waals surface area contributed by atoms with Crippen molar-refractivity contribution in [3.63, 3.8) is 0 Å². The molecule has 2 heterocycles. The Morgan fingerprint density at radius 3 is 2.70 bits per heavy atom. The van der Waals surface area contributed by atoms with Crippen molar-refractivity contribution in [2.75, 3.05) is 0 Å². The van der Waals surface area contributed by atoms with Crippen molar-refractivity contribution in [3.05, 3.63) is 82.4 Å². The van der Waals surface area contributed by atoms with Crippen molar-refractivity contribution in [3.8, 4) is 0 Å². The smallest absolute Gasteiger partial charge is 0.345 e. The lowest BCUT2D eigenvalue weighted by molar-refractivity contribution is 0.0340. The fraction of sp³-hybridized carbons (Fsp3) is 0.167. The van der Waals surface area contributed by atoms with Gasteiger partial charge in [-0.05, 0) is 24.6 Å². The Hall–Kier alpha value is -2.95. The van der Waals surface area contributed by atoms with Crippen molar-refractivity contribution >= 4 is 11.6 Å². The molecule has 5 heteroatoms. The molecular formula is C18H16N2O3. The number of rotatable bonds is 4. The predicted molar refractivity (Wildman–Crippen MR) is 86.5 cm³/mol. The average molecular weight is 308 g/mol. The highest BCUT2D eigenvalue weighted by Crippen LogP contribution is 2.08. The Labute approximate surface area is 133 Å². The zero-order chi connectivity index (χ0) is 16.2. The number of carbonyl (C=O) groups excluding carboxylic acids is 1. The van der Waals surface area contributed by atoms with Crippen molar-refractivity contribution in [1.82, 2.24) is 9.38 Å². The molecule has 0 fully saturated rings. The van der Waals surface area contributed by atoms with E-state index in [-0.39, 0.29) is 11.7 Å². The summed E-state index contributed by atoms with van der Waals surface area (Å²) < 4.78 is 6.71. The summed E-state index contributed by atoms with van der Waals surface area (Å²) in [6.07, 6.45) is 3.11. The van der Waals surface area contributed by atoms with Crippen LogP contribution in [0.5, 0.6) is 0 Å². The number of benzene rings is 1. The monoisotopic (exact) mass is 308 g/mol. The fourth-order valence-electron chi connectivity index (χ4n) is 2.40. The minimum Gasteiger partial charge on any atom is -0.459 e. The Kier molecular flexibility index (Phi) is 4.19. The Balaban J connectivity index is 1.78. The summed E-state index contributed by atoms with van der Waals surface area (Å²) in [6, 6.07) is 14.9. The predicted octanol–water partition coefficient (Wildman–Crippen LogP) is 2.48. The quantitative estimate of drug-likeness (QED) is 0.695. The molecule has 23 heavy (non-hydrogen) atoms. The minimum absolute atomic E-state index is 0.0615. The van der Waals surface area contributed by atoms with E-state index in [0.29, 0.717) is 12.1 Å². The van der Waals surface area contributed by atoms with Gasteiger partial charge in [-0.2, -0.15) is 0 Å². The molecule has 0 N–H and O–H groups in total. The van der Waals surface area contributed by atoms with Gasteiger partial charge >= 0.3 is 5.97 Å². The van der Waals surface area contributed by atoms with Crippen LogP contribution >= 0.6 is 0 Å². The second-order valence-electron chi connectivity index (χ2n) is 5.31. The number of fused-ring (bicyclic) bond motifs is 1. The molecule has 0 aliphatic rings. The molecule has 0 amide bonds. The van der Waals surface area contributed by atoms with E-state index in [0.717, 1.165) is 5.56 Å². The summed E-state index contributed by atoms with van der Waals surface area (Å²) >= 11 is 0. The number of pyridine rings is 1. The van der Waals surface area contributed by atoms with Crippen LogP contribution in [0.15, 0.2) is 65.7 Å². The molecule has 0 saturated carbocycles. The number of aromatic nitrogens is 2. The van der Waals surface area contributed by atoms with E-state index in [1.54, 1.807) is 31.3 Å². The van der Waals surface area contributed by atoms with Crippen LogP contribution in [-0.2, 0) is 11.2 Å². The first-order chi connectivity index (χ1) is 11.1. The maximum absolute atomic E-state index is 12.3. The van der Waals surface area contributed by atoms with Gasteiger partial charge in [-0.3, -0.25) is 9.20 Å². The summed E-state index contributed by atoms with van der Waals surface area (Å²) in [6.45, 7) is 1.80. The van der Waals surface area contributed by atoms with Crippen LogP contribution in [0.1, 0.15) is 22.8 Å². The van der Waals surface area contributed by atoms with Gasteiger partial charge in [0.15, 0.2) is 0 Å². The molecule has 2 aromatic heterocycles. The summed E-state index contributed by atoms with van der Waals surface area (Å²) in [5.41, 5.74) is 1.08. The standard InChI is InChI=1S/C18H16N2O3/c1-13(11-14-7-3-2-4-8-14)23-18(22)15-12-19-16-9-5-6-10-20(16)17(15)21/h2-10,12-13H,11H2,1H3/t13-/m0/s1. The largest absolute Gasteiger partial charge is 0.459 e. The molecule has 1 aromatic carbocycles. The average Bonchev–Trinajstić information content (AvgIpc) is 2.56. The van der Waals surface area contributed by atoms with Gasteiger partial charge in [-0.25, -0.2) is 9.78 Å². The molecule has 0 unspecified atom stereocenters. The number of esters is 1. The van der Waals surface area contributed by atoms with Crippen LogP contribution in [0.2, 0.25) is 0 Å². The van der Waals surface area contributed by atoms with Gasteiger partial charge in [0, 0.05) is 18.8 Å². The second kappa shape index (κ2) is 6.44. The molecule has 0 radical (unpaired) electrons. The van der Waals surface area contributed by atoms with Gasteiger partial charge in [0.05, 0.1) is 0 Å². The first kappa shape index (κ1) is 15.0. The van der Waals surface area contributed by atoms with E-state index in [1.165, 1.54) is 10.6 Å². The third kappa shape index (κ3) is 3.29. The van der Waals surface area contributed by atoms with Crippen molar-refractivity contribution in [1.29, 1.82) is 0 Å². The van der Waals surface area contributed by atoms with Crippen LogP contribution in [0.3, 0.4) is 0 Å². The summed E-state index contributed by atoms with van der Waals surface area (Å²) in [4.78, 5) is 28.7. The van der Waals surface area contributed by atoms with Gasteiger partial charge in [0.25, 0.3) is 5.56 Å². The van der Waals surface area contributed by atoms with Crippen LogP contribution < -0.4 is 5.56 Å². The van der Waals surface area contributed by atoms with Gasteiger partial charge in [-0.1, -0.05) is 36.4 Å². The van der Waals surface area contributed by atoms with Gasteiger partial charge in [0.2, 0.25) is 0 Å². The topological polar surface area (TPSA) is 60.7 Å². The van der Waals surface area contributed by atoms with E-state index < -0.39 is 11.5 Å². The zero-order valence-corrected chi connectivity index (χ0v) is 12.7. The molecule has 0 aliphatic heterocycles. The lowest BCUT2D eigenvalue weighted by atomic mass is 10.1. The third-order valence-electron chi connectivity index (χ3n) is 3.51. The van der Waals surface area contributed by atoms with Crippen LogP contribution in [-0.4, -0.2) is 21.5 Å². The van der Waals surface area contributed by atoms with E-state index in [1.807, 2.05) is 30.3 Å². The van der Waals surface area contributed by atoms with Crippen molar-refractivity contribution < 1.29 is 9.53 Å². The van der Waals surface area contributed by atoms with Gasteiger partial charge in [0.1, 0.15) is 17.3 Å². The molecule has 1 atom stereocenters. The molecule has 0 spiro atoms. The second-order valence-corrected chi connectivity index (χ2v) is 5.31. The normalized spacial score (nSPS) is 12.0. The highest BCUT2D eigenvalue weighted by molar-refractivity contribution is 5.89. The molecule has 3 rings (SSSR count). The van der Waals surface area contributed by atoms with Crippen molar-refractivity contribution in [2.24, 2.45) is 0 Å². The summed E-state index contributed by atoms with van der Waals surface area (Å²) in [7, 11) is 0. The molecule has 3 aromatic rings. The van der Waals surface area contributed by atoms with Crippen LogP contribution in [0.4, 0.5) is 0 Å². The maximum atomic E-state index is 12.3. The number of nitrogens with zero attached hydrogens (tertiary/aromatic N) is 2. The molecular weight excluding hydrogens is 292 g/mol. The fourth-order valence-corrected chi connectivity index (χ4v) is 2.40. The van der Waals surface area contributed by atoms with E-state index in [4.69, 9.17) is 4.74 Å². The van der Waals surface area contributed by atoms with E-state index in [2.05, 4.69) is 4.98 Å². The highest BCUT2D eigenvalue weighted by atomic mass is 16.5. The number of carbonyl (C=O) groups is 1.